The lowest BCUT2D eigenvalue weighted by Crippen LogP contribution is -2.14. The van der Waals surface area contributed by atoms with Gasteiger partial charge in [0.1, 0.15) is 0 Å². The SMILES string of the molecule is CCCCC(CC)COC(=O)CCSc1ccc(-c2ccc(C#N)cc2)cc1. The van der Waals surface area contributed by atoms with Gasteiger partial charge in [-0.25, -0.2) is 0 Å². The average Bonchev–Trinajstić information content (AvgIpc) is 2.74. The van der Waals surface area contributed by atoms with Gasteiger partial charge in [-0.1, -0.05) is 57.4 Å². The van der Waals surface area contributed by atoms with Gasteiger partial charge in [0.2, 0.25) is 0 Å². The molecule has 1 unspecified atom stereocenters. The van der Waals surface area contributed by atoms with Crippen molar-refractivity contribution in [1.29, 1.82) is 5.26 Å². The van der Waals surface area contributed by atoms with E-state index >= 15 is 0 Å². The van der Waals surface area contributed by atoms with Crippen LogP contribution in [0.5, 0.6) is 0 Å². The molecule has 0 bridgehead atoms. The van der Waals surface area contributed by atoms with E-state index in [1.807, 2.05) is 24.3 Å². The maximum absolute atomic E-state index is 12.0. The van der Waals surface area contributed by atoms with E-state index in [9.17, 15) is 4.79 Å². The lowest BCUT2D eigenvalue weighted by molar-refractivity contribution is -0.144. The molecule has 0 N–H and O–H groups in total. The van der Waals surface area contributed by atoms with Crippen LogP contribution < -0.4 is 0 Å². The molecule has 0 aliphatic heterocycles. The maximum atomic E-state index is 12.0. The fraction of sp³-hybridized carbons (Fsp3) is 0.417. The van der Waals surface area contributed by atoms with Crippen molar-refractivity contribution < 1.29 is 9.53 Å². The lowest BCUT2D eigenvalue weighted by atomic mass is 10.0. The van der Waals surface area contributed by atoms with Crippen LogP contribution in [0.3, 0.4) is 0 Å². The number of nitrogens with zero attached hydrogens (tertiary/aromatic N) is 1. The Morgan fingerprint density at radius 1 is 1.07 bits per heavy atom. The molecule has 2 aromatic carbocycles. The number of carbonyl (C=O) groups excluding carboxylic acids is 1. The summed E-state index contributed by atoms with van der Waals surface area (Å²) in [5, 5.41) is 8.88. The van der Waals surface area contributed by atoms with Gasteiger partial charge < -0.3 is 4.74 Å². The zero-order valence-electron chi connectivity index (χ0n) is 16.8. The maximum Gasteiger partial charge on any atom is 0.306 e. The third-order valence-corrected chi connectivity index (χ3v) is 5.81. The number of ether oxygens (including phenoxy) is 1. The van der Waals surface area contributed by atoms with Crippen molar-refractivity contribution in [3.63, 3.8) is 0 Å². The van der Waals surface area contributed by atoms with Gasteiger partial charge in [-0.2, -0.15) is 5.26 Å². The molecule has 2 aromatic rings. The summed E-state index contributed by atoms with van der Waals surface area (Å²) in [5.74, 6) is 1.11. The zero-order valence-corrected chi connectivity index (χ0v) is 17.6. The predicted molar refractivity (Wildman–Crippen MR) is 116 cm³/mol. The van der Waals surface area contributed by atoms with Crippen LogP contribution in [0.4, 0.5) is 0 Å². The minimum Gasteiger partial charge on any atom is -0.465 e. The molecule has 148 valence electrons. The van der Waals surface area contributed by atoms with Crippen molar-refractivity contribution in [2.75, 3.05) is 12.4 Å². The number of rotatable bonds is 11. The van der Waals surface area contributed by atoms with Crippen molar-refractivity contribution in [2.24, 2.45) is 5.92 Å². The highest BCUT2D eigenvalue weighted by Crippen LogP contribution is 2.25. The zero-order chi connectivity index (χ0) is 20.2. The third kappa shape index (κ3) is 7.40. The van der Waals surface area contributed by atoms with E-state index in [4.69, 9.17) is 10.00 Å². The van der Waals surface area contributed by atoms with Gasteiger partial charge in [0.05, 0.1) is 24.7 Å². The Morgan fingerprint density at radius 2 is 1.71 bits per heavy atom. The molecule has 2 rings (SSSR count). The van der Waals surface area contributed by atoms with Crippen LogP contribution in [0.2, 0.25) is 0 Å². The fourth-order valence-corrected chi connectivity index (χ4v) is 3.75. The van der Waals surface area contributed by atoms with Gasteiger partial charge in [-0.3, -0.25) is 4.79 Å². The van der Waals surface area contributed by atoms with Crippen LogP contribution in [0.1, 0.15) is 51.5 Å². The second kappa shape index (κ2) is 12.3. The van der Waals surface area contributed by atoms with Crippen LogP contribution in [0.25, 0.3) is 11.1 Å². The summed E-state index contributed by atoms with van der Waals surface area (Å²) in [6, 6.07) is 18.0. The average molecular weight is 396 g/mol. The van der Waals surface area contributed by atoms with Crippen LogP contribution in [-0.4, -0.2) is 18.3 Å². The van der Waals surface area contributed by atoms with Crippen LogP contribution >= 0.6 is 11.8 Å². The van der Waals surface area contributed by atoms with E-state index in [1.165, 1.54) is 12.8 Å². The summed E-state index contributed by atoms with van der Waals surface area (Å²) in [6.45, 7) is 4.90. The first-order valence-electron chi connectivity index (χ1n) is 10.0. The molecule has 0 aliphatic rings. The molecule has 0 spiro atoms. The molecule has 3 nitrogen and oxygen atoms in total. The summed E-state index contributed by atoms with van der Waals surface area (Å²) < 4.78 is 5.45. The summed E-state index contributed by atoms with van der Waals surface area (Å²) in [4.78, 5) is 13.1. The van der Waals surface area contributed by atoms with E-state index in [2.05, 4.69) is 44.2 Å². The number of carbonyl (C=O) groups is 1. The monoisotopic (exact) mass is 395 g/mol. The number of unbranched alkanes of at least 4 members (excludes halogenated alkanes) is 1. The highest BCUT2D eigenvalue weighted by atomic mass is 32.2. The Balaban J connectivity index is 1.74. The standard InChI is InChI=1S/C24H29NO2S/c1-3-5-6-19(4-2)18-27-24(26)15-16-28-23-13-11-22(12-14-23)21-9-7-20(17-25)8-10-21/h7-14,19H,3-6,15-16,18H2,1-2H3. The Bertz CT molecular complexity index is 763. The molecule has 0 aliphatic carbocycles. The Hall–Kier alpha value is -2.25. The number of esters is 1. The Kier molecular flexibility index (Phi) is 9.65. The second-order valence-corrected chi connectivity index (χ2v) is 8.08. The van der Waals surface area contributed by atoms with Crippen LogP contribution in [-0.2, 0) is 9.53 Å². The number of thioether (sulfide) groups is 1. The van der Waals surface area contributed by atoms with Gasteiger partial charge in [-0.15, -0.1) is 11.8 Å². The highest BCUT2D eigenvalue weighted by Gasteiger charge is 2.10. The second-order valence-electron chi connectivity index (χ2n) is 6.91. The number of hydrogen-bond donors (Lipinski definition) is 0. The molecular formula is C24H29NO2S. The van der Waals surface area contributed by atoms with Gasteiger partial charge in [0, 0.05) is 10.6 Å². The van der Waals surface area contributed by atoms with Crippen LogP contribution in [0, 0.1) is 17.2 Å². The molecular weight excluding hydrogens is 366 g/mol. The molecule has 0 fully saturated rings. The van der Waals surface area contributed by atoms with Crippen molar-refractivity contribution >= 4 is 17.7 Å². The summed E-state index contributed by atoms with van der Waals surface area (Å²) in [5.41, 5.74) is 2.87. The number of nitriles is 1. The van der Waals surface area contributed by atoms with E-state index < -0.39 is 0 Å². The van der Waals surface area contributed by atoms with Crippen molar-refractivity contribution in [3.8, 4) is 17.2 Å². The third-order valence-electron chi connectivity index (χ3n) is 4.80. The summed E-state index contributed by atoms with van der Waals surface area (Å²) in [7, 11) is 0. The normalized spacial score (nSPS) is 11.6. The minimum atomic E-state index is -0.100. The summed E-state index contributed by atoms with van der Waals surface area (Å²) in [6.07, 6.45) is 5.02. The molecule has 0 heterocycles. The highest BCUT2D eigenvalue weighted by molar-refractivity contribution is 7.99. The first-order valence-corrected chi connectivity index (χ1v) is 11.0. The molecule has 0 radical (unpaired) electrons. The first-order chi connectivity index (χ1) is 13.7. The van der Waals surface area contributed by atoms with Gasteiger partial charge in [-0.05, 0) is 47.7 Å². The molecule has 28 heavy (non-hydrogen) atoms. The van der Waals surface area contributed by atoms with Crippen LogP contribution in [0.15, 0.2) is 53.4 Å². The molecule has 0 saturated heterocycles. The molecule has 1 atom stereocenters. The van der Waals surface area contributed by atoms with Crippen molar-refractivity contribution in [3.05, 3.63) is 54.1 Å². The largest absolute Gasteiger partial charge is 0.465 e. The summed E-state index contributed by atoms with van der Waals surface area (Å²) >= 11 is 1.67. The fourth-order valence-electron chi connectivity index (χ4n) is 2.91. The van der Waals surface area contributed by atoms with Gasteiger partial charge in [0.15, 0.2) is 0 Å². The Morgan fingerprint density at radius 3 is 2.29 bits per heavy atom. The van der Waals surface area contributed by atoms with E-state index in [-0.39, 0.29) is 5.97 Å². The Labute approximate surface area is 173 Å². The smallest absolute Gasteiger partial charge is 0.306 e. The minimum absolute atomic E-state index is 0.100. The molecule has 0 amide bonds. The molecule has 0 aromatic heterocycles. The van der Waals surface area contributed by atoms with E-state index in [0.29, 0.717) is 24.5 Å². The van der Waals surface area contributed by atoms with Crippen molar-refractivity contribution in [1.82, 2.24) is 0 Å². The number of hydrogen-bond acceptors (Lipinski definition) is 4. The predicted octanol–water partition coefficient (Wildman–Crippen LogP) is 6.47. The lowest BCUT2D eigenvalue weighted by Gasteiger charge is -2.14. The number of benzene rings is 2. The molecule has 4 heteroatoms. The molecule has 0 saturated carbocycles. The quantitative estimate of drug-likeness (QED) is 0.323. The van der Waals surface area contributed by atoms with Gasteiger partial charge >= 0.3 is 5.97 Å². The topological polar surface area (TPSA) is 50.1 Å². The van der Waals surface area contributed by atoms with Crippen molar-refractivity contribution in [2.45, 2.75) is 50.8 Å². The van der Waals surface area contributed by atoms with E-state index in [0.717, 1.165) is 34.6 Å². The van der Waals surface area contributed by atoms with Gasteiger partial charge in [0.25, 0.3) is 0 Å². The van der Waals surface area contributed by atoms with E-state index in [1.54, 1.807) is 11.8 Å². The first kappa shape index (κ1) is 22.0.